The molecule has 10 rings (SSSR count). The van der Waals surface area contributed by atoms with E-state index in [1.165, 1.54) is 42.4 Å². The van der Waals surface area contributed by atoms with E-state index in [2.05, 4.69) is 126 Å². The maximum atomic E-state index is 7.53. The molecule has 0 radical (unpaired) electrons. The minimum atomic E-state index is 0.624. The summed E-state index contributed by atoms with van der Waals surface area (Å²) >= 11 is 1.84. The summed E-state index contributed by atoms with van der Waals surface area (Å²) in [6.07, 6.45) is 0. The molecule has 2 aromatic heterocycles. The van der Waals surface area contributed by atoms with E-state index in [-0.39, 0.29) is 0 Å². The van der Waals surface area contributed by atoms with Gasteiger partial charge in [-0.05, 0) is 51.1 Å². The highest BCUT2D eigenvalue weighted by Gasteiger charge is 2.20. The first-order valence-corrected chi connectivity index (χ1v) is 19.6. The second-order valence-electron chi connectivity index (χ2n) is 13.9. The van der Waals surface area contributed by atoms with E-state index >= 15 is 0 Å². The predicted molar refractivity (Wildman–Crippen MR) is 237 cm³/mol. The van der Waals surface area contributed by atoms with Gasteiger partial charge in [0.05, 0.1) is 6.57 Å². The molecule has 0 atom stereocenters. The van der Waals surface area contributed by atoms with Crippen LogP contribution in [0.4, 0.5) is 5.69 Å². The molecule has 5 heteroatoms. The Labute approximate surface area is 334 Å². The Balaban J connectivity index is 1.18. The SMILES string of the molecule is [C-]#[N+]c1ccc(-c2ccc(-c3ccc(-c4nc(-c5ccccc5)nc(-c5ccccc5)n4)cc3)c3c2sc2c(-c4ccccc4)cc(-c4ccccc4)cc23)cc1. The minimum Gasteiger partial charge on any atom is -0.238 e. The third kappa shape index (κ3) is 6.44. The van der Waals surface area contributed by atoms with Crippen molar-refractivity contribution < 1.29 is 0 Å². The average Bonchev–Trinajstić information content (AvgIpc) is 3.69. The Morgan fingerprint density at radius 3 is 1.32 bits per heavy atom. The maximum Gasteiger partial charge on any atom is 0.187 e. The van der Waals surface area contributed by atoms with Crippen LogP contribution in [0.5, 0.6) is 0 Å². The van der Waals surface area contributed by atoms with E-state index in [4.69, 9.17) is 21.5 Å². The lowest BCUT2D eigenvalue weighted by molar-refractivity contribution is 1.07. The standard InChI is InChI=1S/C52H32N4S/c1-53-42-28-26-37(27-29-42)44-31-30-43(47-46-33-41(34-14-6-2-7-15-34)32-45(48(46)57-49(44)47)35-16-8-3-9-17-35)36-22-24-40(25-23-36)52-55-50(38-18-10-4-11-19-38)54-51(56-52)39-20-12-5-13-21-39/h2-33H. The molecule has 0 unspecified atom stereocenters. The first-order chi connectivity index (χ1) is 28.2. The van der Waals surface area contributed by atoms with Crippen molar-refractivity contribution in [3.8, 4) is 78.7 Å². The topological polar surface area (TPSA) is 43.0 Å². The van der Waals surface area contributed by atoms with Gasteiger partial charge in [0.1, 0.15) is 0 Å². The summed E-state index contributed by atoms with van der Waals surface area (Å²) in [6.45, 7) is 7.53. The van der Waals surface area contributed by atoms with Crippen molar-refractivity contribution in [2.24, 2.45) is 0 Å². The van der Waals surface area contributed by atoms with Gasteiger partial charge in [0.25, 0.3) is 0 Å². The summed E-state index contributed by atoms with van der Waals surface area (Å²) in [4.78, 5) is 18.5. The van der Waals surface area contributed by atoms with Gasteiger partial charge < -0.3 is 0 Å². The molecule has 4 nitrogen and oxygen atoms in total. The van der Waals surface area contributed by atoms with Crippen LogP contribution in [0, 0.1) is 6.57 Å². The van der Waals surface area contributed by atoms with Gasteiger partial charge in [0.15, 0.2) is 23.2 Å². The predicted octanol–water partition coefficient (Wildman–Crippen LogP) is 14.5. The lowest BCUT2D eigenvalue weighted by Crippen LogP contribution is -2.00. The van der Waals surface area contributed by atoms with Crippen LogP contribution in [0.1, 0.15) is 0 Å². The molecule has 2 heterocycles. The van der Waals surface area contributed by atoms with E-state index in [1.807, 2.05) is 84.1 Å². The summed E-state index contributed by atoms with van der Waals surface area (Å²) in [5.41, 5.74) is 12.7. The molecule has 0 aliphatic carbocycles. The third-order valence-corrected chi connectivity index (χ3v) is 11.6. The van der Waals surface area contributed by atoms with E-state index in [0.717, 1.165) is 38.9 Å². The van der Waals surface area contributed by atoms with Gasteiger partial charge in [0, 0.05) is 42.4 Å². The average molecular weight is 745 g/mol. The van der Waals surface area contributed by atoms with Crippen LogP contribution in [-0.4, -0.2) is 15.0 Å². The van der Waals surface area contributed by atoms with Crippen molar-refractivity contribution >= 4 is 37.2 Å². The molecular weight excluding hydrogens is 713 g/mol. The molecule has 0 saturated heterocycles. The molecule has 10 aromatic rings. The van der Waals surface area contributed by atoms with Crippen LogP contribution in [0.25, 0.3) is 104 Å². The number of nitrogens with zero attached hydrogens (tertiary/aromatic N) is 4. The highest BCUT2D eigenvalue weighted by atomic mass is 32.1. The number of hydrogen-bond donors (Lipinski definition) is 0. The molecule has 0 amide bonds. The molecule has 0 aliphatic heterocycles. The fraction of sp³-hybridized carbons (Fsp3) is 0. The molecule has 0 fully saturated rings. The molecule has 8 aromatic carbocycles. The van der Waals surface area contributed by atoms with Crippen molar-refractivity contribution in [1.29, 1.82) is 0 Å². The van der Waals surface area contributed by atoms with E-state index < -0.39 is 0 Å². The molecule has 0 spiro atoms. The molecular formula is C52H32N4S. The van der Waals surface area contributed by atoms with Gasteiger partial charge in [-0.1, -0.05) is 182 Å². The number of hydrogen-bond acceptors (Lipinski definition) is 4. The fourth-order valence-electron chi connectivity index (χ4n) is 7.53. The van der Waals surface area contributed by atoms with Crippen molar-refractivity contribution in [3.63, 3.8) is 0 Å². The van der Waals surface area contributed by atoms with E-state index in [1.54, 1.807) is 0 Å². The highest BCUT2D eigenvalue weighted by molar-refractivity contribution is 7.27. The zero-order valence-corrected chi connectivity index (χ0v) is 31.5. The number of fused-ring (bicyclic) bond motifs is 3. The van der Waals surface area contributed by atoms with Crippen LogP contribution in [-0.2, 0) is 0 Å². The normalized spacial score (nSPS) is 11.1. The monoisotopic (exact) mass is 744 g/mol. The Hall–Kier alpha value is -7.52. The van der Waals surface area contributed by atoms with Crippen molar-refractivity contribution in [1.82, 2.24) is 15.0 Å². The van der Waals surface area contributed by atoms with Crippen molar-refractivity contribution in [2.45, 2.75) is 0 Å². The molecule has 266 valence electrons. The van der Waals surface area contributed by atoms with Crippen molar-refractivity contribution in [3.05, 3.63) is 206 Å². The zero-order valence-electron chi connectivity index (χ0n) is 30.7. The summed E-state index contributed by atoms with van der Waals surface area (Å²) in [5.74, 6) is 1.90. The van der Waals surface area contributed by atoms with Crippen LogP contribution in [0.15, 0.2) is 194 Å². The zero-order chi connectivity index (χ0) is 38.1. The minimum absolute atomic E-state index is 0.624. The molecule has 57 heavy (non-hydrogen) atoms. The third-order valence-electron chi connectivity index (χ3n) is 10.4. The molecule has 0 saturated carbocycles. The van der Waals surface area contributed by atoms with Crippen LogP contribution in [0.2, 0.25) is 0 Å². The van der Waals surface area contributed by atoms with Gasteiger partial charge in [0.2, 0.25) is 0 Å². The highest BCUT2D eigenvalue weighted by Crippen LogP contribution is 2.49. The quantitative estimate of drug-likeness (QED) is 0.153. The lowest BCUT2D eigenvalue weighted by Gasteiger charge is -2.12. The van der Waals surface area contributed by atoms with Gasteiger partial charge >= 0.3 is 0 Å². The Kier molecular flexibility index (Phi) is 8.72. The van der Waals surface area contributed by atoms with Gasteiger partial charge in [-0.2, -0.15) is 0 Å². The fourth-order valence-corrected chi connectivity index (χ4v) is 8.91. The number of benzene rings is 8. The second kappa shape index (κ2) is 14.6. The summed E-state index contributed by atoms with van der Waals surface area (Å²) in [5, 5.41) is 2.42. The van der Waals surface area contributed by atoms with Crippen LogP contribution >= 0.6 is 11.3 Å². The Bertz CT molecular complexity index is 3020. The Morgan fingerprint density at radius 2 is 0.772 bits per heavy atom. The molecule has 0 bridgehead atoms. The summed E-state index contributed by atoms with van der Waals surface area (Å²) in [6, 6.07) is 67.2. The van der Waals surface area contributed by atoms with Crippen LogP contribution in [0.3, 0.4) is 0 Å². The maximum absolute atomic E-state index is 7.53. The van der Waals surface area contributed by atoms with Gasteiger partial charge in [-0.25, -0.2) is 19.8 Å². The molecule has 0 aliphatic rings. The largest absolute Gasteiger partial charge is 0.238 e. The Morgan fingerprint density at radius 1 is 0.351 bits per heavy atom. The molecule has 0 N–H and O–H groups in total. The lowest BCUT2D eigenvalue weighted by atomic mass is 9.91. The van der Waals surface area contributed by atoms with E-state index in [9.17, 15) is 0 Å². The number of rotatable bonds is 7. The van der Waals surface area contributed by atoms with Gasteiger partial charge in [-0.3, -0.25) is 0 Å². The van der Waals surface area contributed by atoms with Crippen molar-refractivity contribution in [2.75, 3.05) is 0 Å². The number of thiophene rings is 1. The first-order valence-electron chi connectivity index (χ1n) is 18.8. The smallest absolute Gasteiger partial charge is 0.187 e. The first kappa shape index (κ1) is 34.0. The van der Waals surface area contributed by atoms with Crippen LogP contribution < -0.4 is 0 Å². The second-order valence-corrected chi connectivity index (χ2v) is 14.9. The summed E-state index contributed by atoms with van der Waals surface area (Å²) < 4.78 is 2.45. The van der Waals surface area contributed by atoms with E-state index in [0.29, 0.717) is 23.2 Å². The van der Waals surface area contributed by atoms with Gasteiger partial charge in [-0.15, -0.1) is 11.3 Å². The number of aromatic nitrogens is 3. The summed E-state index contributed by atoms with van der Waals surface area (Å²) in [7, 11) is 0.